The molecule has 0 spiro atoms. The average Bonchev–Trinajstić information content (AvgIpc) is 2.78. The number of benzene rings is 2. The molecular formula is C28H36F2N2O. The highest BCUT2D eigenvalue weighted by Gasteiger charge is 2.33. The van der Waals surface area contributed by atoms with Crippen molar-refractivity contribution < 1.29 is 13.6 Å². The Morgan fingerprint density at radius 3 is 2.39 bits per heavy atom. The molecule has 178 valence electrons. The summed E-state index contributed by atoms with van der Waals surface area (Å²) in [4.78, 5) is 11.8. The van der Waals surface area contributed by atoms with Crippen LogP contribution in [0.5, 0.6) is 0 Å². The quantitative estimate of drug-likeness (QED) is 0.469. The maximum atomic E-state index is 13.6. The van der Waals surface area contributed by atoms with Crippen molar-refractivity contribution in [2.75, 3.05) is 6.54 Å². The first kappa shape index (κ1) is 25.1. The van der Waals surface area contributed by atoms with Crippen LogP contribution in [0.15, 0.2) is 48.5 Å². The normalized spacial score (nSPS) is 16.9. The minimum Gasteiger partial charge on any atom is -0.353 e. The standard InChI is InChI=1S/C28H36F2N2O/c1-4-20(2)23-9-8-10-24(18-23)28(12-6-5-7-13-28)31-14-11-27(32-21(3)33)17-22-15-25(29)19-26(30)16-22/h4,8-10,15-16,18-19,27,31H,5-7,11-14,17H2,1-3H3,(H,32,33)/b20-4+/t27-/m1/s1. The Morgan fingerprint density at radius 2 is 1.76 bits per heavy atom. The molecular weight excluding hydrogens is 418 g/mol. The summed E-state index contributed by atoms with van der Waals surface area (Å²) in [5.74, 6) is -1.33. The zero-order valence-corrected chi connectivity index (χ0v) is 20.0. The van der Waals surface area contributed by atoms with Crippen LogP contribution in [0.1, 0.15) is 76.0 Å². The van der Waals surface area contributed by atoms with Crippen LogP contribution in [0.3, 0.4) is 0 Å². The molecule has 1 fully saturated rings. The summed E-state index contributed by atoms with van der Waals surface area (Å²) in [5.41, 5.74) is 4.27. The molecule has 3 rings (SSSR count). The van der Waals surface area contributed by atoms with E-state index >= 15 is 0 Å². The summed E-state index contributed by atoms with van der Waals surface area (Å²) in [6, 6.07) is 12.1. The number of amides is 1. The predicted octanol–water partition coefficient (Wildman–Crippen LogP) is 6.27. The number of carbonyl (C=O) groups is 1. The maximum absolute atomic E-state index is 13.6. The Morgan fingerprint density at radius 1 is 1.06 bits per heavy atom. The van der Waals surface area contributed by atoms with Gasteiger partial charge < -0.3 is 10.6 Å². The molecule has 2 aromatic carbocycles. The zero-order chi connectivity index (χ0) is 23.8. The van der Waals surface area contributed by atoms with E-state index in [1.54, 1.807) is 0 Å². The third kappa shape index (κ3) is 6.97. The van der Waals surface area contributed by atoms with Crippen LogP contribution in [-0.4, -0.2) is 18.5 Å². The fourth-order valence-corrected chi connectivity index (χ4v) is 4.96. The number of hydrogen-bond donors (Lipinski definition) is 2. The zero-order valence-electron chi connectivity index (χ0n) is 20.0. The van der Waals surface area contributed by atoms with E-state index < -0.39 is 11.6 Å². The number of nitrogens with one attached hydrogen (secondary N) is 2. The number of hydrogen-bond acceptors (Lipinski definition) is 2. The molecule has 0 saturated heterocycles. The van der Waals surface area contributed by atoms with Crippen molar-refractivity contribution in [1.82, 2.24) is 10.6 Å². The van der Waals surface area contributed by atoms with E-state index in [0.717, 1.165) is 18.9 Å². The van der Waals surface area contributed by atoms with E-state index in [1.807, 2.05) is 0 Å². The van der Waals surface area contributed by atoms with Gasteiger partial charge in [0.2, 0.25) is 5.91 Å². The lowest BCUT2D eigenvalue weighted by Gasteiger charge is -2.40. The van der Waals surface area contributed by atoms with Crippen LogP contribution < -0.4 is 10.6 Å². The van der Waals surface area contributed by atoms with Gasteiger partial charge in [-0.1, -0.05) is 43.5 Å². The second-order valence-electron chi connectivity index (χ2n) is 9.29. The molecule has 0 bridgehead atoms. The summed E-state index contributed by atoms with van der Waals surface area (Å²) in [6.45, 7) is 6.37. The molecule has 0 aromatic heterocycles. The monoisotopic (exact) mass is 454 g/mol. The molecule has 2 aromatic rings. The Kier molecular flexibility index (Phi) is 8.79. The second kappa shape index (κ2) is 11.6. The van der Waals surface area contributed by atoms with Crippen molar-refractivity contribution in [2.45, 2.75) is 77.3 Å². The van der Waals surface area contributed by atoms with E-state index in [4.69, 9.17) is 0 Å². The van der Waals surface area contributed by atoms with Crippen molar-refractivity contribution in [1.29, 1.82) is 0 Å². The Bertz CT molecular complexity index is 959. The molecule has 3 nitrogen and oxygen atoms in total. The third-order valence-corrected chi connectivity index (χ3v) is 6.78. The topological polar surface area (TPSA) is 41.1 Å². The second-order valence-corrected chi connectivity index (χ2v) is 9.29. The highest BCUT2D eigenvalue weighted by atomic mass is 19.1. The van der Waals surface area contributed by atoms with Crippen LogP contribution in [0.4, 0.5) is 8.78 Å². The van der Waals surface area contributed by atoms with Crippen LogP contribution in [-0.2, 0) is 16.8 Å². The van der Waals surface area contributed by atoms with Gasteiger partial charge in [0.15, 0.2) is 0 Å². The Hall–Kier alpha value is -2.53. The van der Waals surface area contributed by atoms with Crippen LogP contribution in [0.2, 0.25) is 0 Å². The molecule has 5 heteroatoms. The number of rotatable bonds is 9. The van der Waals surface area contributed by atoms with Crippen molar-refractivity contribution in [3.05, 3.63) is 76.9 Å². The first-order valence-corrected chi connectivity index (χ1v) is 12.0. The van der Waals surface area contributed by atoms with Gasteiger partial charge in [0.25, 0.3) is 0 Å². The molecule has 0 radical (unpaired) electrons. The van der Waals surface area contributed by atoms with Crippen LogP contribution in [0, 0.1) is 11.6 Å². The fourth-order valence-electron chi connectivity index (χ4n) is 4.96. The van der Waals surface area contributed by atoms with Crippen molar-refractivity contribution in [3.63, 3.8) is 0 Å². The third-order valence-electron chi connectivity index (χ3n) is 6.78. The SMILES string of the molecule is C/C=C(\C)c1cccc(C2(NCC[C@H](Cc3cc(F)cc(F)c3)NC(C)=O)CCCCC2)c1. The van der Waals surface area contributed by atoms with Gasteiger partial charge in [0.1, 0.15) is 11.6 Å². The lowest BCUT2D eigenvalue weighted by molar-refractivity contribution is -0.119. The molecule has 33 heavy (non-hydrogen) atoms. The first-order chi connectivity index (χ1) is 15.8. The Labute approximate surface area is 196 Å². The van der Waals surface area contributed by atoms with E-state index in [1.165, 1.54) is 55.0 Å². The highest BCUT2D eigenvalue weighted by molar-refractivity contribution is 5.73. The van der Waals surface area contributed by atoms with Gasteiger partial charge in [-0.05, 0) is 86.5 Å². The largest absolute Gasteiger partial charge is 0.353 e. The molecule has 1 amide bonds. The maximum Gasteiger partial charge on any atom is 0.217 e. The van der Waals surface area contributed by atoms with E-state index in [0.29, 0.717) is 24.9 Å². The molecule has 0 heterocycles. The predicted molar refractivity (Wildman–Crippen MR) is 131 cm³/mol. The lowest BCUT2D eigenvalue weighted by Crippen LogP contribution is -2.46. The summed E-state index contributed by atoms with van der Waals surface area (Å²) >= 11 is 0. The number of halogens is 2. The van der Waals surface area contributed by atoms with Gasteiger partial charge in [0.05, 0.1) is 0 Å². The van der Waals surface area contributed by atoms with E-state index in [2.05, 4.69) is 54.8 Å². The Balaban J connectivity index is 1.74. The fraction of sp³-hybridized carbons (Fsp3) is 0.464. The van der Waals surface area contributed by atoms with Crippen molar-refractivity contribution in [3.8, 4) is 0 Å². The molecule has 0 aliphatic heterocycles. The van der Waals surface area contributed by atoms with E-state index in [-0.39, 0.29) is 17.5 Å². The summed E-state index contributed by atoms with van der Waals surface area (Å²) < 4.78 is 27.3. The number of carbonyl (C=O) groups excluding carboxylic acids is 1. The minimum atomic E-state index is -0.595. The lowest BCUT2D eigenvalue weighted by atomic mass is 9.76. The van der Waals surface area contributed by atoms with Crippen molar-refractivity contribution in [2.24, 2.45) is 0 Å². The summed E-state index contributed by atoms with van der Waals surface area (Å²) in [6.07, 6.45) is 8.95. The molecule has 1 aliphatic rings. The molecule has 1 saturated carbocycles. The van der Waals surface area contributed by atoms with Gasteiger partial charge in [-0.15, -0.1) is 0 Å². The summed E-state index contributed by atoms with van der Waals surface area (Å²) in [7, 11) is 0. The molecule has 0 unspecified atom stereocenters. The summed E-state index contributed by atoms with van der Waals surface area (Å²) in [5, 5.41) is 6.79. The van der Waals surface area contributed by atoms with Gasteiger partial charge >= 0.3 is 0 Å². The highest BCUT2D eigenvalue weighted by Crippen LogP contribution is 2.38. The van der Waals surface area contributed by atoms with Crippen LogP contribution in [0.25, 0.3) is 5.57 Å². The van der Waals surface area contributed by atoms with E-state index in [9.17, 15) is 13.6 Å². The van der Waals surface area contributed by atoms with Gasteiger partial charge in [-0.25, -0.2) is 8.78 Å². The molecule has 2 N–H and O–H groups in total. The van der Waals surface area contributed by atoms with Gasteiger partial charge in [-0.3, -0.25) is 4.79 Å². The first-order valence-electron chi connectivity index (χ1n) is 12.0. The van der Waals surface area contributed by atoms with Gasteiger partial charge in [0, 0.05) is 24.6 Å². The molecule has 1 aliphatic carbocycles. The van der Waals surface area contributed by atoms with Crippen LogP contribution >= 0.6 is 0 Å². The minimum absolute atomic E-state index is 0.0893. The van der Waals surface area contributed by atoms with Crippen molar-refractivity contribution >= 4 is 11.5 Å². The number of allylic oxidation sites excluding steroid dienone is 2. The average molecular weight is 455 g/mol. The smallest absolute Gasteiger partial charge is 0.217 e. The molecule has 1 atom stereocenters. The van der Waals surface area contributed by atoms with Gasteiger partial charge in [-0.2, -0.15) is 0 Å².